The highest BCUT2D eigenvalue weighted by atomic mass is 32.2. The Morgan fingerprint density at radius 3 is 2.62 bits per heavy atom. The lowest BCUT2D eigenvalue weighted by Gasteiger charge is -2.07. The van der Waals surface area contributed by atoms with Gasteiger partial charge in [-0.05, 0) is 24.1 Å². The summed E-state index contributed by atoms with van der Waals surface area (Å²) in [5.41, 5.74) is 5.89. The van der Waals surface area contributed by atoms with E-state index in [1.165, 1.54) is 12.1 Å². The average Bonchev–Trinajstić information content (AvgIpc) is 2.25. The van der Waals surface area contributed by atoms with Gasteiger partial charge in [0.1, 0.15) is 10.7 Å². The number of hydrogen-bond donors (Lipinski definition) is 2. The molecular weight excluding hydrogens is 231 g/mol. The van der Waals surface area contributed by atoms with Crippen molar-refractivity contribution in [3.8, 4) is 0 Å². The monoisotopic (exact) mass is 246 g/mol. The van der Waals surface area contributed by atoms with E-state index in [0.717, 1.165) is 6.07 Å². The molecule has 0 atom stereocenters. The van der Waals surface area contributed by atoms with Crippen molar-refractivity contribution < 1.29 is 12.8 Å². The van der Waals surface area contributed by atoms with Crippen molar-refractivity contribution in [1.82, 2.24) is 4.72 Å². The Kier molecular flexibility index (Phi) is 4.40. The fraction of sp³-hybridized carbons (Fsp3) is 0.400. The lowest BCUT2D eigenvalue weighted by molar-refractivity contribution is 0.555. The second-order valence-electron chi connectivity index (χ2n) is 3.37. The van der Waals surface area contributed by atoms with Crippen LogP contribution in [0.25, 0.3) is 0 Å². The number of hydrogen-bond acceptors (Lipinski definition) is 3. The first kappa shape index (κ1) is 13.1. The summed E-state index contributed by atoms with van der Waals surface area (Å²) in [6, 6.07) is 3.87. The number of nitrogens with two attached hydrogens (primary N) is 1. The fourth-order valence-corrected chi connectivity index (χ4v) is 2.39. The molecule has 4 nitrogen and oxygen atoms in total. The summed E-state index contributed by atoms with van der Waals surface area (Å²) >= 11 is 0. The molecule has 1 aromatic rings. The summed E-state index contributed by atoms with van der Waals surface area (Å²) in [6.07, 6.45) is 0.654. The molecule has 0 bridgehead atoms. The Bertz CT molecular complexity index is 460. The van der Waals surface area contributed by atoms with Crippen LogP contribution in [0.3, 0.4) is 0 Å². The van der Waals surface area contributed by atoms with E-state index in [0.29, 0.717) is 18.5 Å². The Hall–Kier alpha value is -0.980. The molecule has 0 aliphatic heterocycles. The van der Waals surface area contributed by atoms with E-state index in [-0.39, 0.29) is 11.4 Å². The summed E-state index contributed by atoms with van der Waals surface area (Å²) in [5.74, 6) is -0.772. The van der Waals surface area contributed by atoms with Crippen LogP contribution in [0.5, 0.6) is 0 Å². The zero-order valence-electron chi connectivity index (χ0n) is 9.03. The summed E-state index contributed by atoms with van der Waals surface area (Å²) in [7, 11) is -3.74. The predicted octanol–water partition coefficient (Wildman–Crippen LogP) is 0.973. The molecule has 0 saturated heterocycles. The Labute approximate surface area is 94.7 Å². The smallest absolute Gasteiger partial charge is 0.243 e. The van der Waals surface area contributed by atoms with Gasteiger partial charge in [-0.3, -0.25) is 0 Å². The zero-order chi connectivity index (χ0) is 12.2. The number of benzene rings is 1. The van der Waals surface area contributed by atoms with Crippen LogP contribution in [-0.4, -0.2) is 15.0 Å². The second-order valence-corrected chi connectivity index (χ2v) is 5.10. The molecule has 0 amide bonds. The summed E-state index contributed by atoms with van der Waals surface area (Å²) in [4.78, 5) is -0.335. The van der Waals surface area contributed by atoms with E-state index in [4.69, 9.17) is 5.73 Å². The normalized spacial score (nSPS) is 11.7. The van der Waals surface area contributed by atoms with Crippen molar-refractivity contribution in [2.24, 2.45) is 5.73 Å². The van der Waals surface area contributed by atoms with E-state index < -0.39 is 15.8 Å². The van der Waals surface area contributed by atoms with Crippen LogP contribution in [-0.2, 0) is 16.6 Å². The number of halogens is 1. The highest BCUT2D eigenvalue weighted by molar-refractivity contribution is 7.89. The van der Waals surface area contributed by atoms with Crippen LogP contribution in [0.2, 0.25) is 0 Å². The third-order valence-electron chi connectivity index (χ3n) is 2.06. The molecular formula is C10H15FN2O2S. The van der Waals surface area contributed by atoms with Gasteiger partial charge in [0.15, 0.2) is 0 Å². The summed E-state index contributed by atoms with van der Waals surface area (Å²) < 4.78 is 39.0. The van der Waals surface area contributed by atoms with Crippen LogP contribution < -0.4 is 10.5 Å². The molecule has 0 unspecified atom stereocenters. The Balaban J connectivity index is 3.04. The van der Waals surface area contributed by atoms with E-state index in [9.17, 15) is 12.8 Å². The van der Waals surface area contributed by atoms with Crippen LogP contribution in [0.1, 0.15) is 18.9 Å². The van der Waals surface area contributed by atoms with Crippen molar-refractivity contribution in [2.75, 3.05) is 6.54 Å². The van der Waals surface area contributed by atoms with Crippen molar-refractivity contribution in [3.63, 3.8) is 0 Å². The maximum Gasteiger partial charge on any atom is 0.243 e. The first-order chi connectivity index (χ1) is 7.51. The maximum atomic E-state index is 13.5. The lowest BCUT2D eigenvalue weighted by atomic mass is 10.2. The van der Waals surface area contributed by atoms with E-state index in [1.54, 1.807) is 0 Å². The molecule has 1 rings (SSSR count). The molecule has 0 radical (unpaired) electrons. The molecule has 0 aliphatic rings. The lowest BCUT2D eigenvalue weighted by Crippen LogP contribution is -2.25. The maximum absolute atomic E-state index is 13.5. The van der Waals surface area contributed by atoms with Gasteiger partial charge in [-0.15, -0.1) is 0 Å². The highest BCUT2D eigenvalue weighted by Crippen LogP contribution is 2.15. The van der Waals surface area contributed by atoms with E-state index in [2.05, 4.69) is 4.72 Å². The third-order valence-corrected chi connectivity index (χ3v) is 3.56. The van der Waals surface area contributed by atoms with Crippen LogP contribution in [0.4, 0.5) is 4.39 Å². The van der Waals surface area contributed by atoms with Crippen LogP contribution >= 0.6 is 0 Å². The van der Waals surface area contributed by atoms with E-state index >= 15 is 0 Å². The molecule has 1 aromatic carbocycles. The topological polar surface area (TPSA) is 72.2 Å². The summed E-state index contributed by atoms with van der Waals surface area (Å²) in [6.45, 7) is 2.30. The second kappa shape index (κ2) is 5.38. The SMILES string of the molecule is CCCNS(=O)(=O)c1ccc(CN)cc1F. The predicted molar refractivity (Wildman–Crippen MR) is 59.8 cm³/mol. The Morgan fingerprint density at radius 2 is 2.12 bits per heavy atom. The third kappa shape index (κ3) is 3.01. The zero-order valence-corrected chi connectivity index (χ0v) is 9.85. The largest absolute Gasteiger partial charge is 0.326 e. The van der Waals surface area contributed by atoms with Gasteiger partial charge < -0.3 is 5.73 Å². The van der Waals surface area contributed by atoms with Crippen molar-refractivity contribution in [2.45, 2.75) is 24.8 Å². The minimum atomic E-state index is -3.74. The highest BCUT2D eigenvalue weighted by Gasteiger charge is 2.18. The number of sulfonamides is 1. The molecule has 6 heteroatoms. The van der Waals surface area contributed by atoms with Gasteiger partial charge in [0.2, 0.25) is 10.0 Å². The van der Waals surface area contributed by atoms with Gasteiger partial charge >= 0.3 is 0 Å². The first-order valence-electron chi connectivity index (χ1n) is 4.99. The van der Waals surface area contributed by atoms with Gasteiger partial charge in [-0.1, -0.05) is 13.0 Å². The number of nitrogens with one attached hydrogen (secondary N) is 1. The minimum absolute atomic E-state index is 0.180. The fourth-order valence-electron chi connectivity index (χ4n) is 1.20. The van der Waals surface area contributed by atoms with Crippen molar-refractivity contribution >= 4 is 10.0 Å². The van der Waals surface area contributed by atoms with Gasteiger partial charge in [0.25, 0.3) is 0 Å². The first-order valence-corrected chi connectivity index (χ1v) is 6.47. The van der Waals surface area contributed by atoms with E-state index in [1.807, 2.05) is 6.92 Å². The van der Waals surface area contributed by atoms with Gasteiger partial charge in [0.05, 0.1) is 0 Å². The van der Waals surface area contributed by atoms with Crippen molar-refractivity contribution in [3.05, 3.63) is 29.6 Å². The molecule has 0 fully saturated rings. The van der Waals surface area contributed by atoms with Crippen molar-refractivity contribution in [1.29, 1.82) is 0 Å². The molecule has 0 saturated carbocycles. The van der Waals surface area contributed by atoms with Gasteiger partial charge in [-0.2, -0.15) is 0 Å². The Morgan fingerprint density at radius 1 is 1.44 bits per heavy atom. The molecule has 0 aliphatic carbocycles. The molecule has 90 valence electrons. The number of rotatable bonds is 5. The minimum Gasteiger partial charge on any atom is -0.326 e. The quantitative estimate of drug-likeness (QED) is 0.813. The molecule has 3 N–H and O–H groups in total. The molecule has 16 heavy (non-hydrogen) atoms. The van der Waals surface area contributed by atoms with Crippen LogP contribution in [0.15, 0.2) is 23.1 Å². The standard InChI is InChI=1S/C10H15FN2O2S/c1-2-5-13-16(14,15)10-4-3-8(7-12)6-9(10)11/h3-4,6,13H,2,5,7,12H2,1H3. The average molecular weight is 246 g/mol. The van der Waals surface area contributed by atoms with Crippen LogP contribution in [0, 0.1) is 5.82 Å². The molecule has 0 heterocycles. The van der Waals surface area contributed by atoms with Gasteiger partial charge in [-0.25, -0.2) is 17.5 Å². The van der Waals surface area contributed by atoms with Gasteiger partial charge in [0, 0.05) is 13.1 Å². The molecule has 0 spiro atoms. The summed E-state index contributed by atoms with van der Waals surface area (Å²) in [5, 5.41) is 0. The molecule has 0 aromatic heterocycles.